The van der Waals surface area contributed by atoms with Gasteiger partial charge in [-0.25, -0.2) is 13.8 Å². The van der Waals surface area contributed by atoms with Gasteiger partial charge in [0.25, 0.3) is 5.56 Å². The second-order valence-corrected chi connectivity index (χ2v) is 6.96. The van der Waals surface area contributed by atoms with Crippen molar-refractivity contribution in [3.8, 4) is 5.75 Å². The SMILES string of the molecule is COc1ccc2nc(CCCCC[C@H]3CCC(F)(F)C3)c(=O)[nH]c2c1. The molecule has 1 aromatic carbocycles. The molecular formula is C19H24F2N2O2. The van der Waals surface area contributed by atoms with Crippen molar-refractivity contribution in [3.63, 3.8) is 0 Å². The number of aryl methyl sites for hydroxylation is 1. The fourth-order valence-electron chi connectivity index (χ4n) is 3.59. The number of methoxy groups -OCH3 is 1. The third kappa shape index (κ3) is 4.55. The van der Waals surface area contributed by atoms with Crippen molar-refractivity contribution >= 4 is 11.0 Å². The number of hydrogen-bond donors (Lipinski definition) is 1. The largest absolute Gasteiger partial charge is 0.497 e. The lowest BCUT2D eigenvalue weighted by Gasteiger charge is -2.10. The van der Waals surface area contributed by atoms with E-state index in [0.717, 1.165) is 31.2 Å². The maximum atomic E-state index is 13.2. The Labute approximate surface area is 145 Å². The fraction of sp³-hybridized carbons (Fsp3) is 0.579. The van der Waals surface area contributed by atoms with Crippen LogP contribution in [0.5, 0.6) is 5.75 Å². The highest BCUT2D eigenvalue weighted by Gasteiger charge is 2.38. The maximum absolute atomic E-state index is 13.2. The zero-order valence-electron chi connectivity index (χ0n) is 14.5. The van der Waals surface area contributed by atoms with Crippen LogP contribution in [0.25, 0.3) is 11.0 Å². The molecule has 1 aromatic heterocycles. The summed E-state index contributed by atoms with van der Waals surface area (Å²) in [6.45, 7) is 0. The second kappa shape index (κ2) is 7.50. The molecule has 1 saturated carbocycles. The summed E-state index contributed by atoms with van der Waals surface area (Å²) in [4.78, 5) is 19.4. The number of benzene rings is 1. The number of halogens is 2. The predicted octanol–water partition coefficient (Wildman–Crippen LogP) is 4.47. The van der Waals surface area contributed by atoms with Gasteiger partial charge in [0.1, 0.15) is 11.4 Å². The molecular weight excluding hydrogens is 326 g/mol. The van der Waals surface area contributed by atoms with E-state index < -0.39 is 5.92 Å². The number of alkyl halides is 2. The Morgan fingerprint density at radius 3 is 2.88 bits per heavy atom. The Kier molecular flexibility index (Phi) is 5.35. The van der Waals surface area contributed by atoms with Crippen LogP contribution in [0, 0.1) is 5.92 Å². The van der Waals surface area contributed by atoms with Gasteiger partial charge in [-0.1, -0.05) is 19.3 Å². The summed E-state index contributed by atoms with van der Waals surface area (Å²) in [5, 5.41) is 0. The highest BCUT2D eigenvalue weighted by molar-refractivity contribution is 5.75. The number of nitrogens with zero attached hydrogens (tertiary/aromatic N) is 1. The van der Waals surface area contributed by atoms with E-state index in [0.29, 0.717) is 29.8 Å². The Morgan fingerprint density at radius 2 is 2.16 bits per heavy atom. The number of ether oxygens (including phenoxy) is 1. The van der Waals surface area contributed by atoms with Crippen LogP contribution >= 0.6 is 0 Å². The Bertz CT molecular complexity index is 789. The van der Waals surface area contributed by atoms with Crippen LogP contribution in [-0.4, -0.2) is 23.0 Å². The minimum Gasteiger partial charge on any atom is -0.497 e. The number of nitrogens with one attached hydrogen (secondary N) is 1. The number of fused-ring (bicyclic) bond motifs is 1. The smallest absolute Gasteiger partial charge is 0.270 e. The summed E-state index contributed by atoms with van der Waals surface area (Å²) in [6, 6.07) is 5.40. The van der Waals surface area contributed by atoms with Crippen LogP contribution in [0.3, 0.4) is 0 Å². The van der Waals surface area contributed by atoms with Gasteiger partial charge in [0.05, 0.1) is 18.1 Å². The molecule has 6 heteroatoms. The summed E-state index contributed by atoms with van der Waals surface area (Å²) >= 11 is 0. The Morgan fingerprint density at radius 1 is 1.32 bits per heavy atom. The van der Waals surface area contributed by atoms with Gasteiger partial charge >= 0.3 is 0 Å². The molecule has 0 aliphatic heterocycles. The lowest BCUT2D eigenvalue weighted by atomic mass is 9.99. The first-order valence-electron chi connectivity index (χ1n) is 8.92. The average Bonchev–Trinajstić information content (AvgIpc) is 2.93. The van der Waals surface area contributed by atoms with E-state index in [-0.39, 0.29) is 24.3 Å². The van der Waals surface area contributed by atoms with Crippen molar-refractivity contribution in [2.75, 3.05) is 7.11 Å². The monoisotopic (exact) mass is 350 g/mol. The molecule has 2 aromatic rings. The molecule has 0 amide bonds. The molecule has 136 valence electrons. The van der Waals surface area contributed by atoms with Gasteiger partial charge in [0, 0.05) is 18.9 Å². The number of unbranched alkanes of at least 4 members (excludes halogenated alkanes) is 2. The number of aromatic amines is 1. The first kappa shape index (κ1) is 17.8. The molecule has 4 nitrogen and oxygen atoms in total. The molecule has 1 aliphatic rings. The molecule has 1 aliphatic carbocycles. The van der Waals surface area contributed by atoms with Gasteiger partial charge in [-0.05, 0) is 37.3 Å². The minimum absolute atomic E-state index is 0.0405. The zero-order valence-corrected chi connectivity index (χ0v) is 14.5. The molecule has 1 fully saturated rings. The Balaban J connectivity index is 1.50. The molecule has 1 N–H and O–H groups in total. The van der Waals surface area contributed by atoms with Crippen LogP contribution in [-0.2, 0) is 6.42 Å². The molecule has 1 atom stereocenters. The molecule has 0 unspecified atom stereocenters. The van der Waals surface area contributed by atoms with Crippen molar-refractivity contribution < 1.29 is 13.5 Å². The van der Waals surface area contributed by atoms with Gasteiger partial charge in [0.2, 0.25) is 5.92 Å². The molecule has 1 heterocycles. The fourth-order valence-corrected chi connectivity index (χ4v) is 3.59. The molecule has 0 bridgehead atoms. The van der Waals surface area contributed by atoms with Gasteiger partial charge in [-0.3, -0.25) is 4.79 Å². The van der Waals surface area contributed by atoms with Gasteiger partial charge in [-0.2, -0.15) is 0 Å². The number of rotatable bonds is 7. The maximum Gasteiger partial charge on any atom is 0.270 e. The van der Waals surface area contributed by atoms with Crippen LogP contribution in [0.15, 0.2) is 23.0 Å². The lowest BCUT2D eigenvalue weighted by molar-refractivity contribution is 0.00462. The van der Waals surface area contributed by atoms with E-state index in [4.69, 9.17) is 4.74 Å². The molecule has 0 spiro atoms. The van der Waals surface area contributed by atoms with Crippen molar-refractivity contribution in [1.82, 2.24) is 9.97 Å². The summed E-state index contributed by atoms with van der Waals surface area (Å²) < 4.78 is 31.5. The van der Waals surface area contributed by atoms with Crippen LogP contribution in [0.1, 0.15) is 50.6 Å². The van der Waals surface area contributed by atoms with Gasteiger partial charge in [-0.15, -0.1) is 0 Å². The van der Waals surface area contributed by atoms with Crippen molar-refractivity contribution in [3.05, 3.63) is 34.2 Å². The van der Waals surface area contributed by atoms with E-state index in [1.807, 2.05) is 12.1 Å². The summed E-state index contributed by atoms with van der Waals surface area (Å²) in [5.41, 5.74) is 1.76. The van der Waals surface area contributed by atoms with Crippen molar-refractivity contribution in [2.45, 2.75) is 57.3 Å². The Hall–Kier alpha value is -1.98. The van der Waals surface area contributed by atoms with E-state index >= 15 is 0 Å². The van der Waals surface area contributed by atoms with E-state index in [1.165, 1.54) is 0 Å². The molecule has 0 saturated heterocycles. The first-order valence-corrected chi connectivity index (χ1v) is 8.92. The second-order valence-electron chi connectivity index (χ2n) is 6.96. The number of hydrogen-bond acceptors (Lipinski definition) is 3. The van der Waals surface area contributed by atoms with Crippen molar-refractivity contribution in [1.29, 1.82) is 0 Å². The molecule has 3 rings (SSSR count). The third-order valence-electron chi connectivity index (χ3n) is 5.00. The third-order valence-corrected chi connectivity index (χ3v) is 5.00. The van der Waals surface area contributed by atoms with Crippen LogP contribution in [0.4, 0.5) is 8.78 Å². The minimum atomic E-state index is -2.45. The van der Waals surface area contributed by atoms with E-state index in [1.54, 1.807) is 13.2 Å². The van der Waals surface area contributed by atoms with Gasteiger partial charge in [0.15, 0.2) is 0 Å². The summed E-state index contributed by atoms with van der Waals surface area (Å²) in [5.74, 6) is -1.61. The highest BCUT2D eigenvalue weighted by atomic mass is 19.3. The van der Waals surface area contributed by atoms with Gasteiger partial charge < -0.3 is 9.72 Å². The predicted molar refractivity (Wildman–Crippen MR) is 93.4 cm³/mol. The lowest BCUT2D eigenvalue weighted by Crippen LogP contribution is -2.15. The van der Waals surface area contributed by atoms with Crippen molar-refractivity contribution in [2.24, 2.45) is 5.92 Å². The quantitative estimate of drug-likeness (QED) is 0.750. The van der Waals surface area contributed by atoms with Crippen LogP contribution < -0.4 is 10.3 Å². The average molecular weight is 350 g/mol. The number of aromatic nitrogens is 2. The van der Waals surface area contributed by atoms with Crippen LogP contribution in [0.2, 0.25) is 0 Å². The standard InChI is InChI=1S/C19H24F2N2O2/c1-25-14-7-8-15-17(11-14)23-18(24)16(22-15)6-4-2-3-5-13-9-10-19(20,21)12-13/h7-8,11,13H,2-6,9-10,12H2,1H3,(H,23,24)/t13-/m0/s1. The van der Waals surface area contributed by atoms with E-state index in [2.05, 4.69) is 9.97 Å². The topological polar surface area (TPSA) is 55.0 Å². The zero-order chi connectivity index (χ0) is 17.9. The number of H-pyrrole nitrogens is 1. The molecule has 0 radical (unpaired) electrons. The normalized spacial score (nSPS) is 19.4. The van der Waals surface area contributed by atoms with E-state index in [9.17, 15) is 13.6 Å². The highest BCUT2D eigenvalue weighted by Crippen LogP contribution is 2.40. The first-order chi connectivity index (χ1) is 12.0. The molecule has 25 heavy (non-hydrogen) atoms. The summed E-state index contributed by atoms with van der Waals surface area (Å²) in [7, 11) is 1.58. The summed E-state index contributed by atoms with van der Waals surface area (Å²) in [6.07, 6.45) is 4.91.